The van der Waals surface area contributed by atoms with Crippen molar-refractivity contribution in [2.75, 3.05) is 0 Å². The number of phenols is 1. The Morgan fingerprint density at radius 1 is 1.38 bits per heavy atom. The molecule has 0 saturated heterocycles. The van der Waals surface area contributed by atoms with Crippen LogP contribution in [0.3, 0.4) is 0 Å². The number of aromatic hydroxyl groups is 1. The Hall–Kier alpha value is -1.96. The summed E-state index contributed by atoms with van der Waals surface area (Å²) >= 11 is 0. The van der Waals surface area contributed by atoms with Gasteiger partial charge in [0.15, 0.2) is 0 Å². The van der Waals surface area contributed by atoms with Crippen LogP contribution >= 0.6 is 0 Å². The standard InChI is InChI=1S/C11H8F3NO/c12-11(13,14)9-4-5-10(16)8(7-9)3-1-2-6-15/h1,3-5,7,16H,2H2. The van der Waals surface area contributed by atoms with Crippen LogP contribution in [-0.2, 0) is 6.18 Å². The number of nitriles is 1. The Morgan fingerprint density at radius 2 is 2.06 bits per heavy atom. The number of allylic oxidation sites excluding steroid dienone is 1. The molecule has 0 heterocycles. The predicted octanol–water partition coefficient (Wildman–Crippen LogP) is 3.34. The summed E-state index contributed by atoms with van der Waals surface area (Å²) in [5.74, 6) is -0.248. The van der Waals surface area contributed by atoms with E-state index in [4.69, 9.17) is 5.26 Å². The van der Waals surface area contributed by atoms with Crippen LogP contribution in [0.15, 0.2) is 24.3 Å². The SMILES string of the molecule is N#CCC=Cc1cc(C(F)(F)F)ccc1O. The van der Waals surface area contributed by atoms with Crippen molar-refractivity contribution in [1.29, 1.82) is 5.26 Å². The van der Waals surface area contributed by atoms with E-state index >= 15 is 0 Å². The molecule has 0 amide bonds. The largest absolute Gasteiger partial charge is 0.507 e. The Bertz CT molecular complexity index is 444. The minimum atomic E-state index is -4.44. The quantitative estimate of drug-likeness (QED) is 0.842. The van der Waals surface area contributed by atoms with Gasteiger partial charge in [-0.15, -0.1) is 0 Å². The van der Waals surface area contributed by atoms with Crippen molar-refractivity contribution in [1.82, 2.24) is 0 Å². The molecule has 0 aliphatic heterocycles. The molecule has 0 aromatic heterocycles. The van der Waals surface area contributed by atoms with Gasteiger partial charge in [0.05, 0.1) is 18.1 Å². The fourth-order valence-electron chi connectivity index (χ4n) is 1.10. The van der Waals surface area contributed by atoms with Gasteiger partial charge in [0.1, 0.15) is 5.75 Å². The van der Waals surface area contributed by atoms with Gasteiger partial charge in [0, 0.05) is 5.56 Å². The van der Waals surface area contributed by atoms with E-state index < -0.39 is 11.7 Å². The molecule has 1 N–H and O–H groups in total. The summed E-state index contributed by atoms with van der Waals surface area (Å²) in [6.45, 7) is 0. The minimum Gasteiger partial charge on any atom is -0.507 e. The topological polar surface area (TPSA) is 44.0 Å². The zero-order valence-electron chi connectivity index (χ0n) is 8.12. The highest BCUT2D eigenvalue weighted by Gasteiger charge is 2.30. The first kappa shape index (κ1) is 12.1. The molecule has 0 aliphatic rings. The number of rotatable bonds is 2. The summed E-state index contributed by atoms with van der Waals surface area (Å²) in [6.07, 6.45) is -1.69. The molecule has 0 bridgehead atoms. The monoisotopic (exact) mass is 227 g/mol. The number of halogens is 3. The maximum atomic E-state index is 12.3. The summed E-state index contributed by atoms with van der Waals surface area (Å²) in [4.78, 5) is 0. The third kappa shape index (κ3) is 3.02. The third-order valence-corrected chi connectivity index (χ3v) is 1.86. The lowest BCUT2D eigenvalue weighted by atomic mass is 10.1. The number of phenolic OH excluding ortho intramolecular Hbond substituents is 1. The van der Waals surface area contributed by atoms with Crippen molar-refractivity contribution in [3.8, 4) is 11.8 Å². The van der Waals surface area contributed by atoms with Crippen LogP contribution in [0, 0.1) is 11.3 Å². The number of nitrogens with zero attached hydrogens (tertiary/aromatic N) is 1. The lowest BCUT2D eigenvalue weighted by Gasteiger charge is -2.08. The summed E-state index contributed by atoms with van der Waals surface area (Å²) in [5, 5.41) is 17.6. The third-order valence-electron chi connectivity index (χ3n) is 1.86. The van der Waals surface area contributed by atoms with Gasteiger partial charge in [-0.3, -0.25) is 0 Å². The molecular formula is C11H8F3NO. The summed E-state index contributed by atoms with van der Waals surface area (Å²) in [5.41, 5.74) is -0.785. The molecular weight excluding hydrogens is 219 g/mol. The minimum absolute atomic E-state index is 0.0464. The first-order valence-corrected chi connectivity index (χ1v) is 4.39. The van der Waals surface area contributed by atoms with E-state index in [1.54, 1.807) is 0 Å². The second-order valence-corrected chi connectivity index (χ2v) is 3.04. The maximum Gasteiger partial charge on any atom is 0.416 e. The molecule has 0 unspecified atom stereocenters. The molecule has 84 valence electrons. The van der Waals surface area contributed by atoms with Crippen LogP contribution in [0.4, 0.5) is 13.2 Å². The molecule has 0 aliphatic carbocycles. The normalized spacial score (nSPS) is 11.6. The molecule has 5 heteroatoms. The van der Waals surface area contributed by atoms with Crippen LogP contribution in [0.5, 0.6) is 5.75 Å². The molecule has 0 fully saturated rings. The molecule has 1 aromatic rings. The Morgan fingerprint density at radius 3 is 2.62 bits per heavy atom. The number of benzene rings is 1. The van der Waals surface area contributed by atoms with Crippen LogP contribution in [0.2, 0.25) is 0 Å². The highest BCUT2D eigenvalue weighted by molar-refractivity contribution is 5.58. The van der Waals surface area contributed by atoms with Crippen molar-refractivity contribution in [2.24, 2.45) is 0 Å². The Kier molecular flexibility index (Phi) is 3.56. The molecule has 1 aromatic carbocycles. The average molecular weight is 227 g/mol. The number of hydrogen-bond acceptors (Lipinski definition) is 2. The smallest absolute Gasteiger partial charge is 0.416 e. The number of hydrogen-bond donors (Lipinski definition) is 1. The summed E-state index contributed by atoms with van der Waals surface area (Å²) in [6, 6.07) is 4.43. The second kappa shape index (κ2) is 4.71. The van der Waals surface area contributed by atoms with E-state index in [1.165, 1.54) is 12.2 Å². The average Bonchev–Trinajstić information content (AvgIpc) is 2.19. The van der Waals surface area contributed by atoms with Crippen LogP contribution in [0.1, 0.15) is 17.5 Å². The predicted molar refractivity (Wildman–Crippen MR) is 52.4 cm³/mol. The van der Waals surface area contributed by atoms with Gasteiger partial charge in [-0.2, -0.15) is 18.4 Å². The van der Waals surface area contributed by atoms with E-state index in [1.807, 2.05) is 6.07 Å². The molecule has 0 radical (unpaired) electrons. The second-order valence-electron chi connectivity index (χ2n) is 3.04. The molecule has 1 rings (SSSR count). The highest BCUT2D eigenvalue weighted by atomic mass is 19.4. The van der Waals surface area contributed by atoms with Crippen molar-refractivity contribution in [3.05, 3.63) is 35.4 Å². The van der Waals surface area contributed by atoms with Crippen LogP contribution in [0.25, 0.3) is 6.08 Å². The molecule has 0 spiro atoms. The fraction of sp³-hybridized carbons (Fsp3) is 0.182. The summed E-state index contributed by atoms with van der Waals surface area (Å²) in [7, 11) is 0. The van der Waals surface area contributed by atoms with Gasteiger partial charge < -0.3 is 5.11 Å². The van der Waals surface area contributed by atoms with E-state index in [0.717, 1.165) is 18.2 Å². The summed E-state index contributed by atoms with van der Waals surface area (Å²) < 4.78 is 37.0. The van der Waals surface area contributed by atoms with Gasteiger partial charge in [0.2, 0.25) is 0 Å². The van der Waals surface area contributed by atoms with Crippen molar-refractivity contribution in [3.63, 3.8) is 0 Å². The van der Waals surface area contributed by atoms with E-state index in [2.05, 4.69) is 0 Å². The fourth-order valence-corrected chi connectivity index (χ4v) is 1.10. The van der Waals surface area contributed by atoms with E-state index in [0.29, 0.717) is 0 Å². The Labute approximate surface area is 90.2 Å². The van der Waals surface area contributed by atoms with Crippen LogP contribution < -0.4 is 0 Å². The zero-order chi connectivity index (χ0) is 12.2. The van der Waals surface area contributed by atoms with Crippen molar-refractivity contribution < 1.29 is 18.3 Å². The van der Waals surface area contributed by atoms with Crippen molar-refractivity contribution in [2.45, 2.75) is 12.6 Å². The van der Waals surface area contributed by atoms with Gasteiger partial charge in [0.25, 0.3) is 0 Å². The van der Waals surface area contributed by atoms with Gasteiger partial charge in [-0.25, -0.2) is 0 Å². The lowest BCUT2D eigenvalue weighted by molar-refractivity contribution is -0.137. The lowest BCUT2D eigenvalue weighted by Crippen LogP contribution is -2.04. The van der Waals surface area contributed by atoms with Gasteiger partial charge >= 0.3 is 6.18 Å². The van der Waals surface area contributed by atoms with Gasteiger partial charge in [-0.05, 0) is 18.2 Å². The van der Waals surface area contributed by atoms with E-state index in [-0.39, 0.29) is 17.7 Å². The maximum absolute atomic E-state index is 12.3. The number of alkyl halides is 3. The molecule has 2 nitrogen and oxygen atoms in total. The highest BCUT2D eigenvalue weighted by Crippen LogP contribution is 2.32. The molecule has 0 atom stereocenters. The first-order valence-electron chi connectivity index (χ1n) is 4.39. The molecule has 16 heavy (non-hydrogen) atoms. The zero-order valence-corrected chi connectivity index (χ0v) is 8.12. The molecule has 0 saturated carbocycles. The van der Waals surface area contributed by atoms with Crippen LogP contribution in [-0.4, -0.2) is 5.11 Å². The Balaban J connectivity index is 3.05. The van der Waals surface area contributed by atoms with E-state index in [9.17, 15) is 18.3 Å². The first-order chi connectivity index (χ1) is 7.45. The van der Waals surface area contributed by atoms with Crippen molar-refractivity contribution >= 4 is 6.08 Å². The van der Waals surface area contributed by atoms with Gasteiger partial charge in [-0.1, -0.05) is 12.2 Å².